The molecule has 26 heavy (non-hydrogen) atoms. The lowest BCUT2D eigenvalue weighted by atomic mass is 10.0. The number of benzene rings is 1. The van der Waals surface area contributed by atoms with Crippen LogP contribution >= 0.6 is 15.9 Å². The number of amides is 1. The van der Waals surface area contributed by atoms with Gasteiger partial charge in [-0.25, -0.2) is 4.98 Å². The number of aromatic nitrogens is 1. The number of hydrogen-bond acceptors (Lipinski definition) is 4. The second-order valence-corrected chi connectivity index (χ2v) is 7.55. The zero-order valence-electron chi connectivity index (χ0n) is 15.4. The van der Waals surface area contributed by atoms with Gasteiger partial charge in [0.1, 0.15) is 0 Å². The van der Waals surface area contributed by atoms with Crippen molar-refractivity contribution in [3.05, 3.63) is 45.9 Å². The number of carbonyl (C=O) groups excluding carboxylic acids is 1. The molecule has 0 spiro atoms. The highest BCUT2D eigenvalue weighted by Crippen LogP contribution is 2.30. The van der Waals surface area contributed by atoms with E-state index in [2.05, 4.69) is 45.2 Å². The van der Waals surface area contributed by atoms with Gasteiger partial charge in [0.25, 0.3) is 0 Å². The fraction of sp³-hybridized carbons (Fsp3) is 0.400. The molecule has 6 heteroatoms. The van der Waals surface area contributed by atoms with E-state index in [1.807, 2.05) is 18.2 Å². The van der Waals surface area contributed by atoms with Gasteiger partial charge in [0, 0.05) is 48.2 Å². The molecule has 1 aromatic heterocycles. The van der Waals surface area contributed by atoms with E-state index in [1.54, 1.807) is 14.0 Å². The lowest BCUT2D eigenvalue weighted by molar-refractivity contribution is -0.119. The average Bonchev–Trinajstić information content (AvgIpc) is 3.04. The van der Waals surface area contributed by atoms with Crippen LogP contribution in [0.2, 0.25) is 0 Å². The minimum atomic E-state index is 0.0323. The summed E-state index contributed by atoms with van der Waals surface area (Å²) in [6, 6.07) is 10.5. The number of nitrogens with zero attached hydrogens (tertiary/aromatic N) is 2. The van der Waals surface area contributed by atoms with Crippen molar-refractivity contribution >= 4 is 21.8 Å². The number of likely N-dealkylation sites (tertiary alicyclic amines) is 1. The number of ether oxygens (including phenoxy) is 1. The molecular weight excluding hydrogens is 394 g/mol. The highest BCUT2D eigenvalue weighted by Gasteiger charge is 2.24. The fourth-order valence-electron chi connectivity index (χ4n) is 3.42. The van der Waals surface area contributed by atoms with Crippen molar-refractivity contribution in [3.63, 3.8) is 0 Å². The molecule has 1 saturated heterocycles. The van der Waals surface area contributed by atoms with Crippen molar-refractivity contribution < 1.29 is 9.53 Å². The van der Waals surface area contributed by atoms with E-state index in [-0.39, 0.29) is 11.9 Å². The lowest BCUT2D eigenvalue weighted by Crippen LogP contribution is -2.35. The Morgan fingerprint density at radius 3 is 2.92 bits per heavy atom. The van der Waals surface area contributed by atoms with Crippen molar-refractivity contribution in [2.45, 2.75) is 32.9 Å². The maximum Gasteiger partial charge on any atom is 0.218 e. The monoisotopic (exact) mass is 417 g/mol. The highest BCUT2D eigenvalue weighted by atomic mass is 79.9. The van der Waals surface area contributed by atoms with E-state index in [0.717, 1.165) is 52.9 Å². The van der Waals surface area contributed by atoms with Crippen molar-refractivity contribution in [2.24, 2.45) is 0 Å². The Kier molecular flexibility index (Phi) is 5.94. The Hall–Kier alpha value is -1.92. The smallest absolute Gasteiger partial charge is 0.218 e. The van der Waals surface area contributed by atoms with Crippen molar-refractivity contribution in [1.29, 1.82) is 0 Å². The van der Waals surface area contributed by atoms with Crippen LogP contribution in [0.15, 0.2) is 34.8 Å². The Bertz CT molecular complexity index is 810. The van der Waals surface area contributed by atoms with Gasteiger partial charge in [-0.05, 0) is 31.0 Å². The van der Waals surface area contributed by atoms with E-state index >= 15 is 0 Å². The van der Waals surface area contributed by atoms with Crippen LogP contribution in [0.5, 0.6) is 5.88 Å². The second kappa shape index (κ2) is 8.18. The topological polar surface area (TPSA) is 54.5 Å². The zero-order chi connectivity index (χ0) is 18.7. The van der Waals surface area contributed by atoms with E-state index in [4.69, 9.17) is 9.72 Å². The fourth-order valence-corrected chi connectivity index (χ4v) is 3.79. The molecule has 2 heterocycles. The van der Waals surface area contributed by atoms with Gasteiger partial charge in [0.2, 0.25) is 11.8 Å². The number of hydrogen-bond donors (Lipinski definition) is 1. The van der Waals surface area contributed by atoms with Crippen LogP contribution in [0.4, 0.5) is 0 Å². The quantitative estimate of drug-likeness (QED) is 0.807. The molecular formula is C20H24BrN3O2. The number of halogens is 1. The first-order valence-corrected chi connectivity index (χ1v) is 9.56. The molecule has 1 atom stereocenters. The summed E-state index contributed by atoms with van der Waals surface area (Å²) in [6.45, 7) is 6.23. The first kappa shape index (κ1) is 18.9. The molecule has 1 aliphatic rings. The third-order valence-corrected chi connectivity index (χ3v) is 5.61. The molecule has 0 bridgehead atoms. The van der Waals surface area contributed by atoms with Crippen LogP contribution in [0.3, 0.4) is 0 Å². The Labute approximate surface area is 162 Å². The number of carbonyl (C=O) groups is 1. The highest BCUT2D eigenvalue weighted by molar-refractivity contribution is 9.10. The van der Waals surface area contributed by atoms with Gasteiger partial charge in [0.15, 0.2) is 0 Å². The van der Waals surface area contributed by atoms with Gasteiger partial charge in [-0.3, -0.25) is 9.69 Å². The van der Waals surface area contributed by atoms with Crippen LogP contribution in [0.1, 0.15) is 24.5 Å². The van der Waals surface area contributed by atoms with Crippen LogP contribution < -0.4 is 10.1 Å². The molecule has 0 radical (unpaired) electrons. The number of pyridine rings is 1. The Balaban J connectivity index is 1.77. The van der Waals surface area contributed by atoms with E-state index in [0.29, 0.717) is 5.88 Å². The van der Waals surface area contributed by atoms with Crippen LogP contribution in [0.25, 0.3) is 11.3 Å². The summed E-state index contributed by atoms with van der Waals surface area (Å²) < 4.78 is 6.63. The molecule has 2 aromatic rings. The second-order valence-electron chi connectivity index (χ2n) is 6.70. The van der Waals surface area contributed by atoms with Gasteiger partial charge in [-0.1, -0.05) is 34.1 Å². The Morgan fingerprint density at radius 2 is 2.19 bits per heavy atom. The molecule has 138 valence electrons. The summed E-state index contributed by atoms with van der Waals surface area (Å²) >= 11 is 3.58. The normalized spacial score (nSPS) is 17.3. The van der Waals surface area contributed by atoms with Crippen molar-refractivity contribution in [1.82, 2.24) is 15.2 Å². The molecule has 0 aliphatic carbocycles. The lowest BCUT2D eigenvalue weighted by Gasteiger charge is -2.18. The number of nitrogens with one attached hydrogen (secondary N) is 1. The summed E-state index contributed by atoms with van der Waals surface area (Å²) in [5, 5.41) is 3.00. The molecule has 1 unspecified atom stereocenters. The average molecular weight is 418 g/mol. The summed E-state index contributed by atoms with van der Waals surface area (Å²) in [5.74, 6) is 0.690. The summed E-state index contributed by atoms with van der Waals surface area (Å²) in [5.41, 5.74) is 4.22. The maximum atomic E-state index is 11.2. The molecule has 1 amide bonds. The number of methoxy groups -OCH3 is 1. The Morgan fingerprint density at radius 1 is 1.38 bits per heavy atom. The van der Waals surface area contributed by atoms with Crippen LogP contribution in [-0.2, 0) is 11.3 Å². The van der Waals surface area contributed by atoms with E-state index in [9.17, 15) is 4.79 Å². The minimum Gasteiger partial charge on any atom is -0.481 e. The van der Waals surface area contributed by atoms with Gasteiger partial charge in [-0.15, -0.1) is 0 Å². The van der Waals surface area contributed by atoms with Gasteiger partial charge in [-0.2, -0.15) is 0 Å². The number of rotatable bonds is 5. The first-order valence-electron chi connectivity index (χ1n) is 8.76. The molecule has 3 rings (SSSR count). The van der Waals surface area contributed by atoms with Gasteiger partial charge < -0.3 is 10.1 Å². The molecule has 1 aliphatic heterocycles. The molecule has 1 aromatic carbocycles. The zero-order valence-corrected chi connectivity index (χ0v) is 17.0. The van der Waals surface area contributed by atoms with E-state index < -0.39 is 0 Å². The van der Waals surface area contributed by atoms with Crippen LogP contribution in [0, 0.1) is 6.92 Å². The van der Waals surface area contributed by atoms with Crippen molar-refractivity contribution in [2.75, 3.05) is 20.2 Å². The first-order chi connectivity index (χ1) is 12.5. The summed E-state index contributed by atoms with van der Waals surface area (Å²) in [7, 11) is 1.66. The third-order valence-electron chi connectivity index (χ3n) is 4.75. The third kappa shape index (κ3) is 4.24. The molecule has 0 saturated carbocycles. The summed E-state index contributed by atoms with van der Waals surface area (Å²) in [4.78, 5) is 18.3. The SMILES string of the molecule is COc1nc(-c2cccc(Br)c2C)ccc1CN1CCC(NC(C)=O)C1. The summed E-state index contributed by atoms with van der Waals surface area (Å²) in [6.07, 6.45) is 0.977. The molecule has 5 nitrogen and oxygen atoms in total. The van der Waals surface area contributed by atoms with Gasteiger partial charge >= 0.3 is 0 Å². The van der Waals surface area contributed by atoms with Gasteiger partial charge in [0.05, 0.1) is 12.8 Å². The van der Waals surface area contributed by atoms with Crippen molar-refractivity contribution in [3.8, 4) is 17.1 Å². The predicted molar refractivity (Wildman–Crippen MR) is 106 cm³/mol. The maximum absolute atomic E-state index is 11.2. The standard InChI is InChI=1S/C20H24BrN3O2/c1-13-17(5-4-6-18(13)21)19-8-7-15(20(23-19)26-3)11-24-10-9-16(12-24)22-14(2)25/h4-8,16H,9-12H2,1-3H3,(H,22,25). The predicted octanol–water partition coefficient (Wildman–Crippen LogP) is 3.54. The largest absolute Gasteiger partial charge is 0.481 e. The minimum absolute atomic E-state index is 0.0323. The van der Waals surface area contributed by atoms with E-state index in [1.165, 1.54) is 0 Å². The molecule has 1 fully saturated rings. The molecule has 1 N–H and O–H groups in total. The van der Waals surface area contributed by atoms with Crippen LogP contribution in [-0.4, -0.2) is 42.0 Å².